The molecule has 1 amide bonds. The third-order valence-electron chi connectivity index (χ3n) is 3.62. The number of nitrogens with two attached hydrogens (primary N) is 1. The lowest BCUT2D eigenvalue weighted by Gasteiger charge is -2.08. The van der Waals surface area contributed by atoms with E-state index < -0.39 is 6.03 Å². The van der Waals surface area contributed by atoms with Gasteiger partial charge >= 0.3 is 6.03 Å². The molecule has 0 saturated carbocycles. The van der Waals surface area contributed by atoms with Crippen LogP contribution in [0.15, 0.2) is 30.6 Å². The van der Waals surface area contributed by atoms with Crippen molar-refractivity contribution in [2.24, 2.45) is 5.73 Å². The summed E-state index contributed by atoms with van der Waals surface area (Å²) in [5.74, 6) is 0.512. The number of hydrogen-bond donors (Lipinski definition) is 1. The third-order valence-corrected chi connectivity index (χ3v) is 4.70. The van der Waals surface area contributed by atoms with Crippen LogP contribution in [0.2, 0.25) is 5.02 Å². The van der Waals surface area contributed by atoms with Crippen LogP contribution in [0.3, 0.4) is 0 Å². The minimum Gasteiger partial charge on any atom is -0.350 e. The summed E-state index contributed by atoms with van der Waals surface area (Å²) in [6.07, 6.45) is 1.64. The molecule has 1 radical (unpaired) electrons. The molecule has 24 heavy (non-hydrogen) atoms. The van der Waals surface area contributed by atoms with Crippen molar-refractivity contribution < 1.29 is 4.79 Å². The van der Waals surface area contributed by atoms with Crippen LogP contribution in [0, 0.1) is 12.4 Å². The molecule has 0 atom stereocenters. The standard InChI is InChI=1S/C15H10ClN6OS/c1-8-11(9-4-2-3-5-10(9)16)21(6-18-8)14-12-13(19-7-24-12)22(20-14)15(17)23/h2-6H,1H3,(H2,17,23). The van der Waals surface area contributed by atoms with Crippen molar-refractivity contribution >= 4 is 39.3 Å². The Morgan fingerprint density at radius 1 is 1.38 bits per heavy atom. The molecule has 119 valence electrons. The second-order valence-corrected chi connectivity index (χ2v) is 6.26. The third kappa shape index (κ3) is 2.11. The zero-order valence-electron chi connectivity index (χ0n) is 12.4. The lowest BCUT2D eigenvalue weighted by atomic mass is 10.1. The maximum Gasteiger partial charge on any atom is 0.341 e. The zero-order chi connectivity index (χ0) is 16.8. The van der Waals surface area contributed by atoms with Gasteiger partial charge in [-0.05, 0) is 13.0 Å². The van der Waals surface area contributed by atoms with Crippen LogP contribution in [0.4, 0.5) is 4.79 Å². The Morgan fingerprint density at radius 2 is 2.17 bits per heavy atom. The number of aromatic nitrogens is 5. The van der Waals surface area contributed by atoms with Gasteiger partial charge in [0.25, 0.3) is 0 Å². The molecule has 4 rings (SSSR count). The molecule has 3 aromatic heterocycles. The van der Waals surface area contributed by atoms with Crippen molar-refractivity contribution in [1.29, 1.82) is 0 Å². The molecule has 0 aliphatic rings. The number of amides is 1. The van der Waals surface area contributed by atoms with Crippen LogP contribution in [-0.2, 0) is 0 Å². The molecule has 0 aliphatic heterocycles. The van der Waals surface area contributed by atoms with Crippen LogP contribution >= 0.6 is 22.9 Å². The van der Waals surface area contributed by atoms with E-state index in [1.54, 1.807) is 10.9 Å². The van der Waals surface area contributed by atoms with E-state index in [0.29, 0.717) is 21.2 Å². The molecule has 2 N–H and O–H groups in total. The Balaban J connectivity index is 2.02. The van der Waals surface area contributed by atoms with E-state index in [-0.39, 0.29) is 0 Å². The van der Waals surface area contributed by atoms with Gasteiger partial charge in [0.1, 0.15) is 11.0 Å². The number of imidazole rings is 1. The molecule has 0 spiro atoms. The van der Waals surface area contributed by atoms with Crippen LogP contribution in [0.25, 0.3) is 27.4 Å². The van der Waals surface area contributed by atoms with Crippen LogP contribution < -0.4 is 5.73 Å². The number of hydrogen-bond acceptors (Lipinski definition) is 5. The highest BCUT2D eigenvalue weighted by atomic mass is 35.5. The summed E-state index contributed by atoms with van der Waals surface area (Å²) in [7, 11) is 0. The van der Waals surface area contributed by atoms with Crippen molar-refractivity contribution in [3.05, 3.63) is 46.8 Å². The monoisotopic (exact) mass is 357 g/mol. The SMILES string of the molecule is Cc1ncn(-c2nn(C(N)=O)c3n[c]sc23)c1-c1ccccc1Cl. The Hall–Kier alpha value is -2.71. The molecule has 0 saturated heterocycles. The van der Waals surface area contributed by atoms with E-state index in [9.17, 15) is 4.79 Å². The first-order chi connectivity index (χ1) is 11.6. The molecule has 1 aromatic carbocycles. The molecular formula is C15H10ClN6OS. The van der Waals surface area contributed by atoms with E-state index in [1.807, 2.05) is 31.2 Å². The Morgan fingerprint density at radius 3 is 2.92 bits per heavy atom. The average Bonchev–Trinajstić information content (AvgIpc) is 3.22. The summed E-state index contributed by atoms with van der Waals surface area (Å²) in [5.41, 5.74) is 10.9. The predicted octanol–water partition coefficient (Wildman–Crippen LogP) is 3.03. The maximum absolute atomic E-state index is 11.6. The first kappa shape index (κ1) is 14.9. The van der Waals surface area contributed by atoms with Crippen LogP contribution in [0.1, 0.15) is 5.69 Å². The molecule has 0 fully saturated rings. The topological polar surface area (TPSA) is 91.6 Å². The van der Waals surface area contributed by atoms with E-state index in [2.05, 4.69) is 20.6 Å². The number of carbonyl (C=O) groups is 1. The number of halogens is 1. The van der Waals surface area contributed by atoms with Gasteiger partial charge in [-0.3, -0.25) is 4.57 Å². The van der Waals surface area contributed by atoms with Crippen LogP contribution in [-0.4, -0.2) is 30.3 Å². The van der Waals surface area contributed by atoms with Crippen LogP contribution in [0.5, 0.6) is 0 Å². The highest BCUT2D eigenvalue weighted by Gasteiger charge is 2.22. The summed E-state index contributed by atoms with van der Waals surface area (Å²) in [5, 5.41) is 4.90. The summed E-state index contributed by atoms with van der Waals surface area (Å²) in [4.78, 5) is 20.0. The van der Waals surface area contributed by atoms with E-state index in [1.165, 1.54) is 11.3 Å². The van der Waals surface area contributed by atoms with Gasteiger partial charge in [-0.2, -0.15) is 4.68 Å². The van der Waals surface area contributed by atoms with Gasteiger partial charge in [-0.1, -0.05) is 29.8 Å². The Bertz CT molecular complexity index is 1080. The summed E-state index contributed by atoms with van der Waals surface area (Å²) in [6.45, 7) is 1.89. The molecule has 0 unspecified atom stereocenters. The summed E-state index contributed by atoms with van der Waals surface area (Å²) >= 11 is 7.60. The molecule has 3 heterocycles. The summed E-state index contributed by atoms with van der Waals surface area (Å²) < 4.78 is 3.53. The summed E-state index contributed by atoms with van der Waals surface area (Å²) in [6, 6.07) is 6.77. The van der Waals surface area contributed by atoms with Gasteiger partial charge in [0, 0.05) is 10.6 Å². The van der Waals surface area contributed by atoms with Crippen molar-refractivity contribution in [1.82, 2.24) is 24.3 Å². The number of nitrogens with zero attached hydrogens (tertiary/aromatic N) is 5. The first-order valence-corrected chi connectivity index (χ1v) is 8.12. The van der Waals surface area contributed by atoms with Gasteiger partial charge in [0.05, 0.1) is 11.4 Å². The number of aryl methyl sites for hydroxylation is 1. The predicted molar refractivity (Wildman–Crippen MR) is 91.5 cm³/mol. The van der Waals surface area contributed by atoms with Gasteiger partial charge in [0.2, 0.25) is 0 Å². The van der Waals surface area contributed by atoms with E-state index >= 15 is 0 Å². The number of carbonyl (C=O) groups excluding carboxylic acids is 1. The fourth-order valence-corrected chi connectivity index (χ4v) is 3.47. The van der Waals surface area contributed by atoms with Crippen molar-refractivity contribution in [2.75, 3.05) is 0 Å². The quantitative estimate of drug-likeness (QED) is 0.596. The van der Waals surface area contributed by atoms with Crippen molar-refractivity contribution in [2.45, 2.75) is 6.92 Å². The lowest BCUT2D eigenvalue weighted by molar-refractivity contribution is 0.248. The van der Waals surface area contributed by atoms with Gasteiger partial charge < -0.3 is 5.73 Å². The highest BCUT2D eigenvalue weighted by molar-refractivity contribution is 7.16. The second kappa shape index (κ2) is 5.43. The van der Waals surface area contributed by atoms with E-state index in [0.717, 1.165) is 21.6 Å². The zero-order valence-corrected chi connectivity index (χ0v) is 14.0. The largest absolute Gasteiger partial charge is 0.350 e. The lowest BCUT2D eigenvalue weighted by Crippen LogP contribution is -2.21. The molecule has 9 heteroatoms. The van der Waals surface area contributed by atoms with Crippen molar-refractivity contribution in [3.8, 4) is 17.1 Å². The maximum atomic E-state index is 11.6. The fourth-order valence-electron chi connectivity index (χ4n) is 2.57. The van der Waals surface area contributed by atoms with Gasteiger partial charge in [0.15, 0.2) is 17.0 Å². The number of thiazole rings is 1. The number of rotatable bonds is 2. The molecule has 4 aromatic rings. The van der Waals surface area contributed by atoms with Gasteiger partial charge in [-0.25, -0.2) is 14.8 Å². The smallest absolute Gasteiger partial charge is 0.341 e. The highest BCUT2D eigenvalue weighted by Crippen LogP contribution is 2.34. The Kier molecular flexibility index (Phi) is 3.36. The van der Waals surface area contributed by atoms with Crippen molar-refractivity contribution in [3.63, 3.8) is 0 Å². The first-order valence-electron chi connectivity index (χ1n) is 6.92. The average molecular weight is 358 g/mol. The van der Waals surface area contributed by atoms with E-state index in [4.69, 9.17) is 17.3 Å². The molecule has 0 bridgehead atoms. The molecule has 0 aliphatic carbocycles. The number of primary amides is 1. The minimum atomic E-state index is -0.707. The number of benzene rings is 1. The fraction of sp³-hybridized carbons (Fsp3) is 0.0667. The second-order valence-electron chi connectivity index (χ2n) is 5.06. The molecular weight excluding hydrogens is 348 g/mol. The van der Waals surface area contributed by atoms with Gasteiger partial charge in [-0.15, -0.1) is 16.4 Å². The molecule has 7 nitrogen and oxygen atoms in total. The number of fused-ring (bicyclic) bond motifs is 1. The minimum absolute atomic E-state index is 0.374. The Labute approximate surface area is 145 Å². The normalized spacial score (nSPS) is 11.2.